The molecule has 3 rings (SSSR count). The third kappa shape index (κ3) is 3.66. The third-order valence-electron chi connectivity index (χ3n) is 3.66. The first kappa shape index (κ1) is 17.0. The highest BCUT2D eigenvalue weighted by Crippen LogP contribution is 2.32. The summed E-state index contributed by atoms with van der Waals surface area (Å²) in [6.45, 7) is 2.15. The van der Waals surface area contributed by atoms with E-state index in [0.29, 0.717) is 6.61 Å². The molecule has 3 aromatic rings. The molecule has 25 heavy (non-hydrogen) atoms. The standard InChI is InChI=1S/C18H16N2O4S/c1-2-24-18(21)12-25-17-11-19(16-6-4-3-5-15(16)17)13-7-9-14(10-8-13)20(22)23/h3-11H,2,12H2,1H3. The Balaban J connectivity index is 1.96. The average Bonchev–Trinajstić information content (AvgIpc) is 2.99. The summed E-state index contributed by atoms with van der Waals surface area (Å²) in [6.07, 6.45) is 1.94. The molecule has 0 N–H and O–H groups in total. The summed E-state index contributed by atoms with van der Waals surface area (Å²) in [5, 5.41) is 11.8. The van der Waals surface area contributed by atoms with Crippen LogP contribution in [0.25, 0.3) is 16.6 Å². The zero-order valence-electron chi connectivity index (χ0n) is 13.5. The van der Waals surface area contributed by atoms with Crippen molar-refractivity contribution in [1.29, 1.82) is 0 Å². The van der Waals surface area contributed by atoms with Crippen molar-refractivity contribution in [3.8, 4) is 5.69 Å². The van der Waals surface area contributed by atoms with Gasteiger partial charge in [-0.25, -0.2) is 0 Å². The first-order valence-electron chi connectivity index (χ1n) is 7.73. The van der Waals surface area contributed by atoms with Crippen LogP contribution in [0.4, 0.5) is 5.69 Å². The fourth-order valence-corrected chi connectivity index (χ4v) is 3.42. The van der Waals surface area contributed by atoms with E-state index < -0.39 is 4.92 Å². The Morgan fingerprint density at radius 2 is 1.92 bits per heavy atom. The highest BCUT2D eigenvalue weighted by molar-refractivity contribution is 8.00. The number of nitro groups is 1. The van der Waals surface area contributed by atoms with Crippen molar-refractivity contribution in [2.24, 2.45) is 0 Å². The number of nitrogens with zero attached hydrogens (tertiary/aromatic N) is 2. The minimum absolute atomic E-state index is 0.0529. The maximum Gasteiger partial charge on any atom is 0.316 e. The number of rotatable bonds is 6. The van der Waals surface area contributed by atoms with Gasteiger partial charge in [0.25, 0.3) is 5.69 Å². The van der Waals surface area contributed by atoms with Crippen molar-refractivity contribution in [2.75, 3.05) is 12.4 Å². The highest BCUT2D eigenvalue weighted by Gasteiger charge is 2.13. The number of para-hydroxylation sites is 1. The van der Waals surface area contributed by atoms with E-state index in [1.807, 2.05) is 35.0 Å². The molecule has 0 aliphatic heterocycles. The van der Waals surface area contributed by atoms with E-state index in [1.165, 1.54) is 23.9 Å². The Morgan fingerprint density at radius 3 is 2.60 bits per heavy atom. The zero-order chi connectivity index (χ0) is 17.8. The van der Waals surface area contributed by atoms with Crippen LogP contribution < -0.4 is 0 Å². The van der Waals surface area contributed by atoms with Crippen LogP contribution in [0.2, 0.25) is 0 Å². The van der Waals surface area contributed by atoms with Gasteiger partial charge in [0, 0.05) is 34.3 Å². The van der Waals surface area contributed by atoms with E-state index in [0.717, 1.165) is 21.5 Å². The largest absolute Gasteiger partial charge is 0.465 e. The molecule has 6 nitrogen and oxygen atoms in total. The molecule has 0 bridgehead atoms. The summed E-state index contributed by atoms with van der Waals surface area (Å²) >= 11 is 1.42. The minimum Gasteiger partial charge on any atom is -0.465 e. The smallest absolute Gasteiger partial charge is 0.316 e. The van der Waals surface area contributed by atoms with Crippen LogP contribution in [-0.2, 0) is 9.53 Å². The average molecular weight is 356 g/mol. The summed E-state index contributed by atoms with van der Waals surface area (Å²) in [5.74, 6) is -0.0121. The predicted molar refractivity (Wildman–Crippen MR) is 97.3 cm³/mol. The van der Waals surface area contributed by atoms with E-state index in [2.05, 4.69) is 0 Å². The molecule has 0 amide bonds. The van der Waals surface area contributed by atoms with Gasteiger partial charge < -0.3 is 9.30 Å². The van der Waals surface area contributed by atoms with Crippen molar-refractivity contribution < 1.29 is 14.5 Å². The molecule has 0 aliphatic carbocycles. The van der Waals surface area contributed by atoms with Crippen LogP contribution in [0.15, 0.2) is 59.6 Å². The number of carbonyl (C=O) groups excluding carboxylic acids is 1. The molecule has 1 heterocycles. The van der Waals surface area contributed by atoms with Gasteiger partial charge in [-0.15, -0.1) is 11.8 Å². The summed E-state index contributed by atoms with van der Waals surface area (Å²) < 4.78 is 6.94. The molecule has 0 saturated carbocycles. The van der Waals surface area contributed by atoms with E-state index in [9.17, 15) is 14.9 Å². The summed E-state index contributed by atoms with van der Waals surface area (Å²) in [6, 6.07) is 14.2. The lowest BCUT2D eigenvalue weighted by Crippen LogP contribution is -2.06. The minimum atomic E-state index is -0.418. The first-order chi connectivity index (χ1) is 12.1. The Bertz CT molecular complexity index is 918. The third-order valence-corrected chi connectivity index (χ3v) is 4.68. The zero-order valence-corrected chi connectivity index (χ0v) is 14.4. The molecular weight excluding hydrogens is 340 g/mol. The van der Waals surface area contributed by atoms with Crippen molar-refractivity contribution in [2.45, 2.75) is 11.8 Å². The predicted octanol–water partition coefficient (Wildman–Crippen LogP) is 4.19. The van der Waals surface area contributed by atoms with E-state index in [-0.39, 0.29) is 17.4 Å². The number of fused-ring (bicyclic) bond motifs is 1. The van der Waals surface area contributed by atoms with Gasteiger partial charge in [0.15, 0.2) is 0 Å². The lowest BCUT2D eigenvalue weighted by Gasteiger charge is -2.04. The highest BCUT2D eigenvalue weighted by atomic mass is 32.2. The molecule has 0 radical (unpaired) electrons. The Hall–Kier alpha value is -2.80. The van der Waals surface area contributed by atoms with E-state index >= 15 is 0 Å². The van der Waals surface area contributed by atoms with Crippen LogP contribution in [-0.4, -0.2) is 27.8 Å². The summed E-state index contributed by atoms with van der Waals surface area (Å²) in [4.78, 5) is 23.0. The van der Waals surface area contributed by atoms with Gasteiger partial charge in [-0.1, -0.05) is 18.2 Å². The van der Waals surface area contributed by atoms with Gasteiger partial charge in [0.1, 0.15) is 0 Å². The number of nitro benzene ring substituents is 1. The summed E-state index contributed by atoms with van der Waals surface area (Å²) in [7, 11) is 0. The van der Waals surface area contributed by atoms with Crippen LogP contribution in [0.1, 0.15) is 6.92 Å². The summed E-state index contributed by atoms with van der Waals surface area (Å²) in [5.41, 5.74) is 1.85. The first-order valence-corrected chi connectivity index (χ1v) is 8.72. The molecule has 0 aliphatic rings. The second-order valence-corrected chi connectivity index (χ2v) is 6.26. The monoisotopic (exact) mass is 356 g/mol. The van der Waals surface area contributed by atoms with Crippen molar-refractivity contribution >= 4 is 34.3 Å². The Kier molecular flexibility index (Phi) is 5.04. The molecule has 0 saturated heterocycles. The number of non-ortho nitro benzene ring substituents is 1. The SMILES string of the molecule is CCOC(=O)CSc1cn(-c2ccc([N+](=O)[O-])cc2)c2ccccc12. The van der Waals surface area contributed by atoms with Gasteiger partial charge in [0.05, 0.1) is 22.8 Å². The Labute approximate surface area is 148 Å². The van der Waals surface area contributed by atoms with Crippen LogP contribution in [0.3, 0.4) is 0 Å². The van der Waals surface area contributed by atoms with E-state index in [1.54, 1.807) is 19.1 Å². The normalized spacial score (nSPS) is 10.8. The van der Waals surface area contributed by atoms with Gasteiger partial charge in [0.2, 0.25) is 0 Å². The Morgan fingerprint density at radius 1 is 1.20 bits per heavy atom. The van der Waals surface area contributed by atoms with Gasteiger partial charge >= 0.3 is 5.97 Å². The molecule has 0 unspecified atom stereocenters. The molecular formula is C18H16N2O4S. The lowest BCUT2D eigenvalue weighted by molar-refractivity contribution is -0.384. The number of esters is 1. The molecule has 7 heteroatoms. The van der Waals surface area contributed by atoms with E-state index in [4.69, 9.17) is 4.74 Å². The number of carbonyl (C=O) groups is 1. The van der Waals surface area contributed by atoms with Crippen LogP contribution in [0, 0.1) is 10.1 Å². The molecule has 0 atom stereocenters. The lowest BCUT2D eigenvalue weighted by atomic mass is 10.2. The quantitative estimate of drug-likeness (QED) is 0.286. The fraction of sp³-hybridized carbons (Fsp3) is 0.167. The van der Waals surface area contributed by atoms with Crippen LogP contribution >= 0.6 is 11.8 Å². The van der Waals surface area contributed by atoms with Crippen molar-refractivity contribution in [3.05, 3.63) is 64.8 Å². The fourth-order valence-electron chi connectivity index (χ4n) is 2.55. The second kappa shape index (κ2) is 7.40. The number of thioether (sulfide) groups is 1. The molecule has 1 aromatic heterocycles. The molecule has 0 spiro atoms. The molecule has 128 valence electrons. The second-order valence-electron chi connectivity index (χ2n) is 5.25. The molecule has 0 fully saturated rings. The van der Waals surface area contributed by atoms with Crippen molar-refractivity contribution in [3.63, 3.8) is 0 Å². The number of hydrogen-bond acceptors (Lipinski definition) is 5. The number of hydrogen-bond donors (Lipinski definition) is 0. The van der Waals surface area contributed by atoms with Gasteiger partial charge in [-0.05, 0) is 25.1 Å². The topological polar surface area (TPSA) is 74.4 Å². The maximum absolute atomic E-state index is 11.6. The molecule has 2 aromatic carbocycles. The van der Waals surface area contributed by atoms with Gasteiger partial charge in [-0.2, -0.15) is 0 Å². The van der Waals surface area contributed by atoms with Crippen LogP contribution in [0.5, 0.6) is 0 Å². The number of aromatic nitrogens is 1. The maximum atomic E-state index is 11.6. The van der Waals surface area contributed by atoms with Crippen molar-refractivity contribution in [1.82, 2.24) is 4.57 Å². The number of ether oxygens (including phenoxy) is 1. The van der Waals surface area contributed by atoms with Gasteiger partial charge in [-0.3, -0.25) is 14.9 Å². The number of benzene rings is 2.